The van der Waals surface area contributed by atoms with Crippen molar-refractivity contribution in [3.05, 3.63) is 29.8 Å². The second kappa shape index (κ2) is 5.61. The van der Waals surface area contributed by atoms with Crippen LogP contribution in [0.5, 0.6) is 0 Å². The number of alkyl halides is 3. The molecule has 1 amide bonds. The van der Waals surface area contributed by atoms with Crippen molar-refractivity contribution in [2.75, 3.05) is 18.4 Å². The van der Waals surface area contributed by atoms with Crippen LogP contribution >= 0.6 is 0 Å². The van der Waals surface area contributed by atoms with Crippen LogP contribution < -0.4 is 10.6 Å². The Labute approximate surface area is 109 Å². The zero-order valence-electron chi connectivity index (χ0n) is 10.3. The van der Waals surface area contributed by atoms with E-state index in [4.69, 9.17) is 0 Å². The zero-order valence-corrected chi connectivity index (χ0v) is 10.3. The van der Waals surface area contributed by atoms with E-state index in [2.05, 4.69) is 10.6 Å². The van der Waals surface area contributed by atoms with Crippen LogP contribution in [0.2, 0.25) is 0 Å². The van der Waals surface area contributed by atoms with Gasteiger partial charge in [-0.1, -0.05) is 0 Å². The number of anilines is 1. The highest BCUT2D eigenvalue weighted by atomic mass is 19.4. The lowest BCUT2D eigenvalue weighted by molar-refractivity contribution is -0.137. The van der Waals surface area contributed by atoms with Crippen molar-refractivity contribution >= 4 is 11.6 Å². The largest absolute Gasteiger partial charge is 0.416 e. The highest BCUT2D eigenvalue weighted by Crippen LogP contribution is 2.29. The number of benzene rings is 1. The molecule has 0 unspecified atom stereocenters. The summed E-state index contributed by atoms with van der Waals surface area (Å²) in [6.45, 7) is 0.998. The summed E-state index contributed by atoms with van der Waals surface area (Å²) in [5.74, 6) is 0.430. The van der Waals surface area contributed by atoms with Crippen molar-refractivity contribution in [3.63, 3.8) is 0 Å². The molecular weight excluding hydrogens is 257 g/mol. The van der Waals surface area contributed by atoms with Gasteiger partial charge in [0, 0.05) is 5.69 Å². The predicted octanol–water partition coefficient (Wildman–Crippen LogP) is 2.64. The molecule has 0 atom stereocenters. The maximum Gasteiger partial charge on any atom is 0.416 e. The predicted molar refractivity (Wildman–Crippen MR) is 65.7 cm³/mol. The molecule has 1 aliphatic rings. The highest BCUT2D eigenvalue weighted by molar-refractivity contribution is 5.92. The Kier molecular flexibility index (Phi) is 4.09. The van der Waals surface area contributed by atoms with Gasteiger partial charge < -0.3 is 10.6 Å². The third kappa shape index (κ3) is 4.55. The molecule has 19 heavy (non-hydrogen) atoms. The standard InChI is InChI=1S/C13H15F3N2O/c14-13(15,16)10-3-5-11(6-4-10)18-12(19)8-17-7-9-1-2-9/h3-6,9,17H,1-2,7-8H2,(H,18,19). The van der Waals surface area contributed by atoms with Crippen LogP contribution in [0.15, 0.2) is 24.3 Å². The molecule has 1 aromatic carbocycles. The molecule has 3 nitrogen and oxygen atoms in total. The van der Waals surface area contributed by atoms with E-state index in [-0.39, 0.29) is 12.5 Å². The van der Waals surface area contributed by atoms with Gasteiger partial charge in [0.25, 0.3) is 0 Å². The Balaban J connectivity index is 1.79. The van der Waals surface area contributed by atoms with Crippen LogP contribution in [0, 0.1) is 5.92 Å². The van der Waals surface area contributed by atoms with Gasteiger partial charge in [-0.3, -0.25) is 4.79 Å². The summed E-state index contributed by atoms with van der Waals surface area (Å²) in [6, 6.07) is 4.41. The summed E-state index contributed by atoms with van der Waals surface area (Å²) < 4.78 is 37.0. The summed E-state index contributed by atoms with van der Waals surface area (Å²) in [5, 5.41) is 5.56. The van der Waals surface area contributed by atoms with Gasteiger partial charge in [0.2, 0.25) is 5.91 Å². The molecule has 104 valence electrons. The van der Waals surface area contributed by atoms with E-state index in [1.165, 1.54) is 25.0 Å². The second-order valence-corrected chi connectivity index (χ2v) is 4.70. The first-order valence-electron chi connectivity index (χ1n) is 6.13. The minimum atomic E-state index is -4.35. The molecule has 2 N–H and O–H groups in total. The molecule has 0 aliphatic heterocycles. The van der Waals surface area contributed by atoms with Crippen LogP contribution in [-0.2, 0) is 11.0 Å². The number of amides is 1. The minimum absolute atomic E-state index is 0.178. The smallest absolute Gasteiger partial charge is 0.325 e. The van der Waals surface area contributed by atoms with Crippen molar-refractivity contribution < 1.29 is 18.0 Å². The second-order valence-electron chi connectivity index (χ2n) is 4.70. The van der Waals surface area contributed by atoms with Gasteiger partial charge in [-0.25, -0.2) is 0 Å². The molecule has 6 heteroatoms. The van der Waals surface area contributed by atoms with Crippen molar-refractivity contribution in [1.82, 2.24) is 5.32 Å². The number of hydrogen-bond acceptors (Lipinski definition) is 2. The number of carbonyl (C=O) groups is 1. The van der Waals surface area contributed by atoms with Crippen LogP contribution in [0.25, 0.3) is 0 Å². The van der Waals surface area contributed by atoms with Crippen molar-refractivity contribution in [2.45, 2.75) is 19.0 Å². The first-order valence-corrected chi connectivity index (χ1v) is 6.13. The SMILES string of the molecule is O=C(CNCC1CC1)Nc1ccc(C(F)(F)F)cc1. The Bertz CT molecular complexity index is 438. The van der Waals surface area contributed by atoms with Crippen molar-refractivity contribution in [3.8, 4) is 0 Å². The fourth-order valence-electron chi connectivity index (χ4n) is 1.66. The van der Waals surface area contributed by atoms with Gasteiger partial charge in [-0.15, -0.1) is 0 Å². The quantitative estimate of drug-likeness (QED) is 0.865. The van der Waals surface area contributed by atoms with Crippen LogP contribution in [0.1, 0.15) is 18.4 Å². The Morgan fingerprint density at radius 1 is 1.21 bits per heavy atom. The van der Waals surface area contributed by atoms with Gasteiger partial charge in [0.05, 0.1) is 12.1 Å². The van der Waals surface area contributed by atoms with Crippen molar-refractivity contribution in [1.29, 1.82) is 0 Å². The molecule has 1 fully saturated rings. The normalized spacial score (nSPS) is 15.3. The van der Waals surface area contributed by atoms with Crippen LogP contribution in [0.4, 0.5) is 18.9 Å². The molecule has 0 aromatic heterocycles. The first-order chi connectivity index (χ1) is 8.95. The molecule has 1 aromatic rings. The van der Waals surface area contributed by atoms with E-state index < -0.39 is 11.7 Å². The molecule has 2 rings (SSSR count). The molecule has 0 saturated heterocycles. The zero-order chi connectivity index (χ0) is 13.9. The topological polar surface area (TPSA) is 41.1 Å². The molecule has 1 saturated carbocycles. The number of hydrogen-bond donors (Lipinski definition) is 2. The molecule has 0 spiro atoms. The maximum absolute atomic E-state index is 12.3. The summed E-state index contributed by atoms with van der Waals surface area (Å²) >= 11 is 0. The molecular formula is C13H15F3N2O. The fourth-order valence-corrected chi connectivity index (χ4v) is 1.66. The average molecular weight is 272 g/mol. The first kappa shape index (κ1) is 13.9. The summed E-state index contributed by atoms with van der Waals surface area (Å²) in [6.07, 6.45) is -1.95. The van der Waals surface area contributed by atoms with Crippen LogP contribution in [-0.4, -0.2) is 19.0 Å². The Morgan fingerprint density at radius 2 is 1.84 bits per heavy atom. The monoisotopic (exact) mass is 272 g/mol. The number of carbonyl (C=O) groups excluding carboxylic acids is 1. The third-order valence-electron chi connectivity index (χ3n) is 2.91. The van der Waals surface area contributed by atoms with Gasteiger partial charge in [-0.2, -0.15) is 13.2 Å². The minimum Gasteiger partial charge on any atom is -0.325 e. The average Bonchev–Trinajstić information content (AvgIpc) is 3.12. The van der Waals surface area contributed by atoms with Gasteiger partial charge in [-0.05, 0) is 49.6 Å². The lowest BCUT2D eigenvalue weighted by atomic mass is 10.2. The van der Waals surface area contributed by atoms with E-state index >= 15 is 0 Å². The highest BCUT2D eigenvalue weighted by Gasteiger charge is 2.29. The third-order valence-corrected chi connectivity index (χ3v) is 2.91. The molecule has 1 aliphatic carbocycles. The van der Waals surface area contributed by atoms with E-state index in [1.807, 2.05) is 0 Å². The van der Waals surface area contributed by atoms with Gasteiger partial charge >= 0.3 is 6.18 Å². The number of halogens is 3. The van der Waals surface area contributed by atoms with E-state index in [9.17, 15) is 18.0 Å². The maximum atomic E-state index is 12.3. The van der Waals surface area contributed by atoms with E-state index in [0.29, 0.717) is 11.6 Å². The Hall–Kier alpha value is -1.56. The summed E-state index contributed by atoms with van der Waals surface area (Å²) in [5.41, 5.74) is -0.358. The summed E-state index contributed by atoms with van der Waals surface area (Å²) in [4.78, 5) is 11.5. The van der Waals surface area contributed by atoms with Crippen molar-refractivity contribution in [2.24, 2.45) is 5.92 Å². The number of nitrogens with one attached hydrogen (secondary N) is 2. The Morgan fingerprint density at radius 3 is 2.37 bits per heavy atom. The van der Waals surface area contributed by atoms with Crippen LogP contribution in [0.3, 0.4) is 0 Å². The fraction of sp³-hybridized carbons (Fsp3) is 0.462. The lowest BCUT2D eigenvalue weighted by Crippen LogP contribution is -2.29. The number of rotatable bonds is 5. The molecule has 0 radical (unpaired) electrons. The lowest BCUT2D eigenvalue weighted by Gasteiger charge is -2.09. The summed E-state index contributed by atoms with van der Waals surface area (Å²) in [7, 11) is 0. The van der Waals surface area contributed by atoms with E-state index in [1.54, 1.807) is 0 Å². The van der Waals surface area contributed by atoms with E-state index in [0.717, 1.165) is 18.7 Å². The molecule has 0 bridgehead atoms. The van der Waals surface area contributed by atoms with Gasteiger partial charge in [0.15, 0.2) is 0 Å². The molecule has 0 heterocycles. The van der Waals surface area contributed by atoms with Gasteiger partial charge in [0.1, 0.15) is 0 Å².